The normalized spacial score (nSPS) is 40.4. The van der Waals surface area contributed by atoms with Crippen LogP contribution < -0.4 is 0 Å². The van der Waals surface area contributed by atoms with Crippen LogP contribution in [0.15, 0.2) is 0 Å². The topological polar surface area (TPSA) is 80.8 Å². The number of esters is 1. The summed E-state index contributed by atoms with van der Waals surface area (Å²) in [6.07, 6.45) is 1.28. The van der Waals surface area contributed by atoms with Crippen LogP contribution in [0, 0.1) is 23.2 Å². The van der Waals surface area contributed by atoms with E-state index in [1.54, 1.807) is 21.0 Å². The predicted octanol–water partition coefficient (Wildman–Crippen LogP) is 2.91. The van der Waals surface area contributed by atoms with E-state index in [0.717, 1.165) is 26.1 Å². The highest BCUT2D eigenvalue weighted by Crippen LogP contribution is 2.38. The molecular formula is C30H55N3O6. The molecule has 3 saturated heterocycles. The molecule has 0 amide bonds. The smallest absolute Gasteiger partial charge is 0.319 e. The lowest BCUT2D eigenvalue weighted by Crippen LogP contribution is -2.57. The second-order valence-electron chi connectivity index (χ2n) is 13.7. The number of hydrogen-bond acceptors (Lipinski definition) is 9. The molecule has 39 heavy (non-hydrogen) atoms. The number of rotatable bonds is 5. The molecule has 0 saturated carbocycles. The molecular weight excluding hydrogens is 498 g/mol. The van der Waals surface area contributed by atoms with Crippen molar-refractivity contribution in [2.45, 2.75) is 97.0 Å². The highest BCUT2D eigenvalue weighted by atomic mass is 16.7. The molecule has 0 aliphatic carbocycles. The maximum Gasteiger partial charge on any atom is 0.319 e. The first-order valence-corrected chi connectivity index (χ1v) is 14.7. The van der Waals surface area contributed by atoms with Crippen LogP contribution >= 0.6 is 0 Å². The number of methoxy groups -OCH3 is 1. The standard InChI is InChI=1S/C30H55N3O6/c1-19-14-30(6,36-11)27(39-25-13-23(31(7)8)12-20(2)38-25)21(3)26(34)29(4,5)28(35)37-18-24(33(10)15-19)22-16-32(9)17-22/h19-25,27H,12-18H2,1-11H3/t19-,20-,21+,23+,24?,25+,27-,30-/m1/s1. The number of carbonyl (C=O) groups excluding carboxylic acids is 2. The second-order valence-corrected chi connectivity index (χ2v) is 13.7. The monoisotopic (exact) mass is 553 g/mol. The summed E-state index contributed by atoms with van der Waals surface area (Å²) >= 11 is 0. The SMILES string of the molecule is CO[C@]1(C)C[C@@H](C)CN(C)C(C2CN(C)C2)COC(=O)C(C)(C)C(=O)[C@H](C)[C@H]1O[C@H]1C[C@@H](N(C)C)C[C@@H](C)O1. The molecule has 0 N–H and O–H groups in total. The van der Waals surface area contributed by atoms with E-state index in [1.165, 1.54) is 0 Å². The van der Waals surface area contributed by atoms with Crippen LogP contribution in [-0.4, -0.2) is 124 Å². The molecule has 9 nitrogen and oxygen atoms in total. The van der Waals surface area contributed by atoms with E-state index < -0.39 is 35.3 Å². The maximum atomic E-state index is 14.0. The molecule has 0 aromatic carbocycles. The zero-order valence-electron chi connectivity index (χ0n) is 26.4. The summed E-state index contributed by atoms with van der Waals surface area (Å²) in [6.45, 7) is 14.6. The molecule has 3 fully saturated rings. The van der Waals surface area contributed by atoms with Crippen LogP contribution in [0.25, 0.3) is 0 Å². The second kappa shape index (κ2) is 12.8. The first-order chi connectivity index (χ1) is 18.1. The highest BCUT2D eigenvalue weighted by molar-refractivity contribution is 6.04. The Morgan fingerprint density at radius 1 is 1.00 bits per heavy atom. The van der Waals surface area contributed by atoms with Gasteiger partial charge in [-0.1, -0.05) is 13.8 Å². The summed E-state index contributed by atoms with van der Waals surface area (Å²) in [4.78, 5) is 34.3. The van der Waals surface area contributed by atoms with Crippen molar-refractivity contribution in [3.63, 3.8) is 0 Å². The summed E-state index contributed by atoms with van der Waals surface area (Å²) in [7, 11) is 10.1. The fourth-order valence-corrected chi connectivity index (χ4v) is 7.00. The highest BCUT2D eigenvalue weighted by Gasteiger charge is 2.50. The number of hydrogen-bond donors (Lipinski definition) is 0. The van der Waals surface area contributed by atoms with Crippen molar-refractivity contribution >= 4 is 11.8 Å². The summed E-state index contributed by atoms with van der Waals surface area (Å²) in [5, 5.41) is 0. The number of nitrogens with zero attached hydrogens (tertiary/aromatic N) is 3. The molecule has 3 aliphatic rings. The van der Waals surface area contributed by atoms with Gasteiger partial charge in [0.05, 0.1) is 17.8 Å². The average molecular weight is 554 g/mol. The Kier molecular flexibility index (Phi) is 10.7. The van der Waals surface area contributed by atoms with Crippen molar-refractivity contribution in [1.82, 2.24) is 14.7 Å². The van der Waals surface area contributed by atoms with Crippen molar-refractivity contribution in [2.75, 3.05) is 61.5 Å². The van der Waals surface area contributed by atoms with Crippen LogP contribution in [0.5, 0.6) is 0 Å². The molecule has 0 bridgehead atoms. The lowest BCUT2D eigenvalue weighted by molar-refractivity contribution is -0.263. The van der Waals surface area contributed by atoms with Crippen molar-refractivity contribution in [3.05, 3.63) is 0 Å². The van der Waals surface area contributed by atoms with Gasteiger partial charge in [-0.05, 0) is 74.6 Å². The quantitative estimate of drug-likeness (QED) is 0.377. The van der Waals surface area contributed by atoms with Gasteiger partial charge in [0.2, 0.25) is 0 Å². The van der Waals surface area contributed by atoms with Gasteiger partial charge >= 0.3 is 5.97 Å². The average Bonchev–Trinajstić information content (AvgIpc) is 2.84. The number of ether oxygens (including phenoxy) is 4. The Morgan fingerprint density at radius 2 is 1.64 bits per heavy atom. The summed E-state index contributed by atoms with van der Waals surface area (Å²) < 4.78 is 25.1. The van der Waals surface area contributed by atoms with Gasteiger partial charge < -0.3 is 28.7 Å². The number of likely N-dealkylation sites (N-methyl/N-ethyl adjacent to an activating group) is 1. The number of carbonyl (C=O) groups is 2. The molecule has 0 spiro atoms. The molecule has 0 radical (unpaired) electrons. The van der Waals surface area contributed by atoms with Gasteiger partial charge in [0.25, 0.3) is 0 Å². The zero-order chi connectivity index (χ0) is 29.3. The molecule has 0 aromatic rings. The van der Waals surface area contributed by atoms with Crippen molar-refractivity contribution in [1.29, 1.82) is 0 Å². The van der Waals surface area contributed by atoms with Crippen LogP contribution in [0.2, 0.25) is 0 Å². The van der Waals surface area contributed by atoms with E-state index in [0.29, 0.717) is 24.8 Å². The van der Waals surface area contributed by atoms with Crippen molar-refractivity contribution in [3.8, 4) is 0 Å². The predicted molar refractivity (Wildman–Crippen MR) is 151 cm³/mol. The maximum absolute atomic E-state index is 14.0. The zero-order valence-corrected chi connectivity index (χ0v) is 26.4. The molecule has 226 valence electrons. The van der Waals surface area contributed by atoms with E-state index in [-0.39, 0.29) is 30.5 Å². The van der Waals surface area contributed by atoms with Gasteiger partial charge in [-0.2, -0.15) is 0 Å². The minimum absolute atomic E-state index is 0.0344. The first kappa shape index (κ1) is 32.4. The third-order valence-corrected chi connectivity index (χ3v) is 9.48. The van der Waals surface area contributed by atoms with Crippen molar-refractivity contribution < 1.29 is 28.5 Å². The first-order valence-electron chi connectivity index (χ1n) is 14.7. The third-order valence-electron chi connectivity index (χ3n) is 9.48. The lowest BCUT2D eigenvalue weighted by Gasteiger charge is -2.46. The Labute approximate surface area is 236 Å². The fraction of sp³-hybridized carbons (Fsp3) is 0.933. The van der Waals surface area contributed by atoms with E-state index in [2.05, 4.69) is 56.7 Å². The fourth-order valence-electron chi connectivity index (χ4n) is 7.00. The van der Waals surface area contributed by atoms with Crippen molar-refractivity contribution in [2.24, 2.45) is 23.2 Å². The van der Waals surface area contributed by atoms with Gasteiger partial charge in [0.1, 0.15) is 12.0 Å². The van der Waals surface area contributed by atoms with Gasteiger partial charge in [-0.25, -0.2) is 0 Å². The largest absolute Gasteiger partial charge is 0.463 e. The van der Waals surface area contributed by atoms with Gasteiger partial charge in [0.15, 0.2) is 12.1 Å². The Balaban J connectivity index is 1.95. The van der Waals surface area contributed by atoms with Gasteiger partial charge in [-0.3, -0.25) is 14.5 Å². The third kappa shape index (κ3) is 7.41. The number of Topliss-reactive ketones (excluding diaryl/α,β-unsaturated/α-hetero) is 1. The number of likely N-dealkylation sites (tertiary alicyclic amines) is 1. The Bertz CT molecular complexity index is 847. The molecule has 9 heteroatoms. The van der Waals surface area contributed by atoms with Crippen LogP contribution in [0.3, 0.4) is 0 Å². The molecule has 0 aromatic heterocycles. The minimum Gasteiger partial charge on any atom is -0.463 e. The van der Waals surface area contributed by atoms with E-state index in [1.807, 2.05) is 13.8 Å². The van der Waals surface area contributed by atoms with E-state index in [9.17, 15) is 9.59 Å². The molecule has 1 unspecified atom stereocenters. The molecule has 3 aliphatic heterocycles. The molecule has 8 atom stereocenters. The van der Waals surface area contributed by atoms with E-state index >= 15 is 0 Å². The van der Waals surface area contributed by atoms with Gasteiger partial charge in [-0.15, -0.1) is 0 Å². The van der Waals surface area contributed by atoms with Crippen LogP contribution in [-0.2, 0) is 28.5 Å². The summed E-state index contributed by atoms with van der Waals surface area (Å²) in [5.41, 5.74) is -2.09. The van der Waals surface area contributed by atoms with Crippen LogP contribution in [0.4, 0.5) is 0 Å². The Morgan fingerprint density at radius 3 is 2.21 bits per heavy atom. The van der Waals surface area contributed by atoms with Gasteiger partial charge in [0, 0.05) is 57.1 Å². The number of ketones is 1. The number of cyclic esters (lactones) is 1. The molecule has 3 heterocycles. The Hall–Kier alpha value is -1.10. The summed E-state index contributed by atoms with van der Waals surface area (Å²) in [6, 6.07) is 0.410. The lowest BCUT2D eigenvalue weighted by atomic mass is 9.74. The van der Waals surface area contributed by atoms with Crippen LogP contribution in [0.1, 0.15) is 60.8 Å². The summed E-state index contributed by atoms with van der Waals surface area (Å²) in [5.74, 6) is -0.626. The minimum atomic E-state index is -1.32. The van der Waals surface area contributed by atoms with E-state index in [4.69, 9.17) is 18.9 Å². The molecule has 3 rings (SSSR count).